The Balaban J connectivity index is 2.53. The number of carbonyl (C=O) groups is 1. The van der Waals surface area contributed by atoms with Crippen LogP contribution in [0.2, 0.25) is 0 Å². The van der Waals surface area contributed by atoms with E-state index in [0.717, 1.165) is 36.3 Å². The first-order chi connectivity index (χ1) is 6.09. The molecule has 0 heterocycles. The van der Waals surface area contributed by atoms with Crippen LogP contribution in [-0.2, 0) is 4.79 Å². The normalized spacial score (nSPS) is 22.3. The van der Waals surface area contributed by atoms with Gasteiger partial charge in [-0.3, -0.25) is 4.79 Å². The van der Waals surface area contributed by atoms with Gasteiger partial charge in [0.15, 0.2) is 5.78 Å². The summed E-state index contributed by atoms with van der Waals surface area (Å²) < 4.78 is 0. The molecule has 0 amide bonds. The molecule has 1 rings (SSSR count). The fourth-order valence-corrected chi connectivity index (χ4v) is 1.61. The second kappa shape index (κ2) is 4.40. The number of rotatable bonds is 3. The number of ketones is 1. The molecule has 0 saturated heterocycles. The van der Waals surface area contributed by atoms with Crippen molar-refractivity contribution in [1.82, 2.24) is 0 Å². The highest BCUT2D eigenvalue weighted by Crippen LogP contribution is 2.24. The van der Waals surface area contributed by atoms with Crippen molar-refractivity contribution in [3.63, 3.8) is 0 Å². The van der Waals surface area contributed by atoms with Gasteiger partial charge < -0.3 is 0 Å². The Labute approximate surface area is 80.5 Å². The molecule has 0 fully saturated rings. The van der Waals surface area contributed by atoms with Crippen LogP contribution in [0.25, 0.3) is 0 Å². The van der Waals surface area contributed by atoms with E-state index in [-0.39, 0.29) is 5.78 Å². The summed E-state index contributed by atoms with van der Waals surface area (Å²) in [5.41, 5.74) is 1.99. The number of allylic oxidation sites excluding steroid dienone is 3. The van der Waals surface area contributed by atoms with Crippen molar-refractivity contribution in [3.05, 3.63) is 23.8 Å². The Morgan fingerprint density at radius 3 is 2.85 bits per heavy atom. The van der Waals surface area contributed by atoms with E-state index in [4.69, 9.17) is 0 Å². The zero-order valence-corrected chi connectivity index (χ0v) is 8.60. The molecule has 0 radical (unpaired) electrons. The van der Waals surface area contributed by atoms with Gasteiger partial charge in [0, 0.05) is 6.42 Å². The van der Waals surface area contributed by atoms with Crippen LogP contribution in [-0.4, -0.2) is 5.78 Å². The molecule has 0 aromatic rings. The van der Waals surface area contributed by atoms with Crippen LogP contribution in [0.3, 0.4) is 0 Å². The predicted molar refractivity (Wildman–Crippen MR) is 55.5 cm³/mol. The Bertz CT molecular complexity index is 248. The first-order valence-electron chi connectivity index (χ1n) is 4.96. The van der Waals surface area contributed by atoms with E-state index in [1.807, 2.05) is 6.92 Å². The molecular weight excluding hydrogens is 160 g/mol. The van der Waals surface area contributed by atoms with Crippen LogP contribution in [0.15, 0.2) is 23.8 Å². The summed E-state index contributed by atoms with van der Waals surface area (Å²) in [7, 11) is 0. The first-order valence-corrected chi connectivity index (χ1v) is 4.96. The molecule has 0 N–H and O–H groups in total. The fraction of sp³-hybridized carbons (Fsp3) is 0.583. The molecule has 0 aromatic heterocycles. The van der Waals surface area contributed by atoms with Gasteiger partial charge in [-0.05, 0) is 37.7 Å². The molecule has 0 spiro atoms. The number of hydrogen-bond acceptors (Lipinski definition) is 1. The Hall–Kier alpha value is -0.850. The molecule has 1 aliphatic carbocycles. The van der Waals surface area contributed by atoms with Gasteiger partial charge in [-0.15, -0.1) is 0 Å². The van der Waals surface area contributed by atoms with Crippen LogP contribution in [0, 0.1) is 5.92 Å². The third kappa shape index (κ3) is 3.17. The minimum absolute atomic E-state index is 0.277. The van der Waals surface area contributed by atoms with Crippen molar-refractivity contribution >= 4 is 5.78 Å². The average molecular weight is 178 g/mol. The van der Waals surface area contributed by atoms with E-state index in [1.165, 1.54) is 0 Å². The highest BCUT2D eigenvalue weighted by atomic mass is 16.1. The molecule has 1 unspecified atom stereocenters. The van der Waals surface area contributed by atoms with Gasteiger partial charge >= 0.3 is 0 Å². The van der Waals surface area contributed by atoms with Gasteiger partial charge in [0.2, 0.25) is 0 Å². The second-order valence-corrected chi connectivity index (χ2v) is 4.17. The molecular formula is C12H18O. The Kier molecular flexibility index (Phi) is 3.47. The van der Waals surface area contributed by atoms with Crippen LogP contribution >= 0.6 is 0 Å². The SMILES string of the molecule is C=C(C)CC(=O)C1=CCC(C)CC1. The van der Waals surface area contributed by atoms with Crippen molar-refractivity contribution in [2.24, 2.45) is 5.92 Å². The maximum absolute atomic E-state index is 11.6. The summed E-state index contributed by atoms with van der Waals surface area (Å²) in [6.45, 7) is 7.90. The summed E-state index contributed by atoms with van der Waals surface area (Å²) in [4.78, 5) is 11.6. The van der Waals surface area contributed by atoms with Gasteiger partial charge in [0.05, 0.1) is 0 Å². The molecule has 1 heteroatoms. The second-order valence-electron chi connectivity index (χ2n) is 4.17. The van der Waals surface area contributed by atoms with Crippen LogP contribution in [0.1, 0.15) is 39.5 Å². The zero-order chi connectivity index (χ0) is 9.84. The van der Waals surface area contributed by atoms with Crippen molar-refractivity contribution in [2.45, 2.75) is 39.5 Å². The summed E-state index contributed by atoms with van der Waals surface area (Å²) in [6, 6.07) is 0. The summed E-state index contributed by atoms with van der Waals surface area (Å²) in [6.07, 6.45) is 5.83. The third-order valence-electron chi connectivity index (χ3n) is 2.49. The highest BCUT2D eigenvalue weighted by molar-refractivity contribution is 5.96. The lowest BCUT2D eigenvalue weighted by molar-refractivity contribution is -0.115. The minimum Gasteiger partial charge on any atom is -0.294 e. The van der Waals surface area contributed by atoms with Crippen molar-refractivity contribution in [2.75, 3.05) is 0 Å². The maximum atomic E-state index is 11.6. The third-order valence-corrected chi connectivity index (χ3v) is 2.49. The first kappa shape index (κ1) is 10.2. The molecule has 0 aliphatic heterocycles. The highest BCUT2D eigenvalue weighted by Gasteiger charge is 2.15. The van der Waals surface area contributed by atoms with E-state index >= 15 is 0 Å². The lowest BCUT2D eigenvalue weighted by Gasteiger charge is -2.17. The number of carbonyl (C=O) groups excluding carboxylic acids is 1. The lowest BCUT2D eigenvalue weighted by Crippen LogP contribution is -2.09. The van der Waals surface area contributed by atoms with Crippen LogP contribution < -0.4 is 0 Å². The van der Waals surface area contributed by atoms with E-state index in [2.05, 4.69) is 19.6 Å². The lowest BCUT2D eigenvalue weighted by atomic mass is 9.88. The van der Waals surface area contributed by atoms with E-state index in [1.54, 1.807) is 0 Å². The Morgan fingerprint density at radius 1 is 1.69 bits per heavy atom. The molecule has 1 atom stereocenters. The summed E-state index contributed by atoms with van der Waals surface area (Å²) in [5.74, 6) is 1.03. The van der Waals surface area contributed by atoms with Gasteiger partial charge in [0.1, 0.15) is 0 Å². The molecule has 13 heavy (non-hydrogen) atoms. The molecule has 72 valence electrons. The van der Waals surface area contributed by atoms with Crippen LogP contribution in [0.4, 0.5) is 0 Å². The van der Waals surface area contributed by atoms with Gasteiger partial charge in [-0.2, -0.15) is 0 Å². The summed E-state index contributed by atoms with van der Waals surface area (Å²) in [5, 5.41) is 0. The minimum atomic E-state index is 0.277. The standard InChI is InChI=1S/C12H18O/c1-9(2)8-12(13)11-6-4-10(3)5-7-11/h6,10H,1,4-5,7-8H2,2-3H3. The Morgan fingerprint density at radius 2 is 2.38 bits per heavy atom. The smallest absolute Gasteiger partial charge is 0.162 e. The van der Waals surface area contributed by atoms with Gasteiger partial charge in [0.25, 0.3) is 0 Å². The van der Waals surface area contributed by atoms with Crippen molar-refractivity contribution in [1.29, 1.82) is 0 Å². The molecule has 0 bridgehead atoms. The van der Waals surface area contributed by atoms with Crippen LogP contribution in [0.5, 0.6) is 0 Å². The van der Waals surface area contributed by atoms with E-state index < -0.39 is 0 Å². The average Bonchev–Trinajstić information content (AvgIpc) is 2.04. The maximum Gasteiger partial charge on any atom is 0.162 e. The zero-order valence-electron chi connectivity index (χ0n) is 8.60. The van der Waals surface area contributed by atoms with Gasteiger partial charge in [-0.25, -0.2) is 0 Å². The largest absolute Gasteiger partial charge is 0.294 e. The van der Waals surface area contributed by atoms with Crippen molar-refractivity contribution < 1.29 is 4.79 Å². The van der Waals surface area contributed by atoms with E-state index in [9.17, 15) is 4.79 Å². The van der Waals surface area contributed by atoms with Gasteiger partial charge in [-0.1, -0.05) is 25.2 Å². The molecule has 1 aliphatic rings. The topological polar surface area (TPSA) is 17.1 Å². The molecule has 1 nitrogen and oxygen atoms in total. The fourth-order valence-electron chi connectivity index (χ4n) is 1.61. The van der Waals surface area contributed by atoms with Crippen molar-refractivity contribution in [3.8, 4) is 0 Å². The number of hydrogen-bond donors (Lipinski definition) is 0. The predicted octanol–water partition coefficient (Wildman–Crippen LogP) is 3.27. The quantitative estimate of drug-likeness (QED) is 0.606. The summed E-state index contributed by atoms with van der Waals surface area (Å²) >= 11 is 0. The monoisotopic (exact) mass is 178 g/mol. The molecule has 0 saturated carbocycles. The van der Waals surface area contributed by atoms with E-state index in [0.29, 0.717) is 6.42 Å². The number of Topliss-reactive ketones (excluding diaryl/α,β-unsaturated/α-hetero) is 1. The molecule has 0 aromatic carbocycles.